The minimum Gasteiger partial charge on any atom is -0.355 e. The molecular weight excluding hydrogens is 404 g/mol. The highest BCUT2D eigenvalue weighted by Gasteiger charge is 2.17. The van der Waals surface area contributed by atoms with E-state index in [0.29, 0.717) is 25.1 Å². The lowest BCUT2D eigenvalue weighted by molar-refractivity contribution is -0.121. The summed E-state index contributed by atoms with van der Waals surface area (Å²) in [5.41, 5.74) is 4.24. The second-order valence-corrected chi connectivity index (χ2v) is 10.2. The quantitative estimate of drug-likeness (QED) is 0.545. The van der Waals surface area contributed by atoms with Crippen molar-refractivity contribution >= 4 is 33.4 Å². The summed E-state index contributed by atoms with van der Waals surface area (Å²) >= 11 is 1.78. The third-order valence-corrected chi connectivity index (χ3v) is 6.67. The van der Waals surface area contributed by atoms with Crippen molar-refractivity contribution in [2.45, 2.75) is 32.4 Å². The van der Waals surface area contributed by atoms with Crippen LogP contribution in [0.4, 0.5) is 5.69 Å². The summed E-state index contributed by atoms with van der Waals surface area (Å²) in [7, 11) is -3.38. The molecule has 0 spiro atoms. The summed E-state index contributed by atoms with van der Waals surface area (Å²) in [5.74, 6) is 1.73. The van der Waals surface area contributed by atoms with Crippen LogP contribution < -0.4 is 9.62 Å². The van der Waals surface area contributed by atoms with Crippen LogP contribution >= 0.6 is 11.8 Å². The first-order valence-corrected chi connectivity index (χ1v) is 12.7. The van der Waals surface area contributed by atoms with Gasteiger partial charge < -0.3 is 5.32 Å². The van der Waals surface area contributed by atoms with Crippen LogP contribution in [0, 0.1) is 13.8 Å². The predicted octanol–water partition coefficient (Wildman–Crippen LogP) is 3.90. The molecule has 7 heteroatoms. The van der Waals surface area contributed by atoms with Gasteiger partial charge in [0.05, 0.1) is 11.9 Å². The molecule has 0 bridgehead atoms. The first kappa shape index (κ1) is 23.3. The van der Waals surface area contributed by atoms with Gasteiger partial charge in [0.25, 0.3) is 0 Å². The first-order chi connectivity index (χ1) is 13.8. The molecule has 29 heavy (non-hydrogen) atoms. The minimum atomic E-state index is -3.38. The molecule has 2 rings (SSSR count). The number of carbonyl (C=O) groups excluding carboxylic acids is 1. The summed E-state index contributed by atoms with van der Waals surface area (Å²) in [6.07, 6.45) is 1.97. The summed E-state index contributed by atoms with van der Waals surface area (Å²) in [4.78, 5) is 12.0. The van der Waals surface area contributed by atoms with Gasteiger partial charge in [-0.25, -0.2) is 8.42 Å². The average Bonchev–Trinajstić information content (AvgIpc) is 2.66. The average molecular weight is 435 g/mol. The van der Waals surface area contributed by atoms with E-state index in [-0.39, 0.29) is 12.5 Å². The Morgan fingerprint density at radius 1 is 1.00 bits per heavy atom. The molecule has 0 aromatic heterocycles. The Morgan fingerprint density at radius 3 is 2.17 bits per heavy atom. The van der Waals surface area contributed by atoms with Gasteiger partial charge in [-0.3, -0.25) is 9.10 Å². The van der Waals surface area contributed by atoms with Gasteiger partial charge in [0.2, 0.25) is 15.9 Å². The Balaban J connectivity index is 1.68. The van der Waals surface area contributed by atoms with Crippen molar-refractivity contribution in [3.05, 3.63) is 65.2 Å². The number of hydrogen-bond acceptors (Lipinski definition) is 4. The van der Waals surface area contributed by atoms with Gasteiger partial charge in [0, 0.05) is 31.0 Å². The topological polar surface area (TPSA) is 66.5 Å². The molecule has 2 aromatic carbocycles. The van der Waals surface area contributed by atoms with E-state index in [0.717, 1.165) is 17.1 Å². The molecule has 0 aliphatic heterocycles. The summed E-state index contributed by atoms with van der Waals surface area (Å²) in [5, 5.41) is 2.91. The molecule has 0 aliphatic carbocycles. The smallest absolute Gasteiger partial charge is 0.232 e. The van der Waals surface area contributed by atoms with E-state index >= 15 is 0 Å². The lowest BCUT2D eigenvalue weighted by atomic mass is 10.2. The number of amides is 1. The summed E-state index contributed by atoms with van der Waals surface area (Å²) in [6.45, 7) is 4.93. The fourth-order valence-electron chi connectivity index (χ4n) is 2.81. The molecule has 0 radical (unpaired) electrons. The normalized spacial score (nSPS) is 11.3. The van der Waals surface area contributed by atoms with Gasteiger partial charge in [-0.2, -0.15) is 11.8 Å². The van der Waals surface area contributed by atoms with Crippen molar-refractivity contribution < 1.29 is 13.2 Å². The number of hydrogen-bond donors (Lipinski definition) is 1. The van der Waals surface area contributed by atoms with E-state index in [1.165, 1.54) is 21.7 Å². The lowest BCUT2D eigenvalue weighted by Gasteiger charge is -2.22. The largest absolute Gasteiger partial charge is 0.355 e. The van der Waals surface area contributed by atoms with E-state index < -0.39 is 10.0 Å². The Hall–Kier alpha value is -1.99. The molecule has 0 fully saturated rings. The van der Waals surface area contributed by atoms with Crippen molar-refractivity contribution in [2.24, 2.45) is 0 Å². The van der Waals surface area contributed by atoms with Gasteiger partial charge in [-0.05, 0) is 38.0 Å². The van der Waals surface area contributed by atoms with E-state index in [1.54, 1.807) is 23.9 Å². The monoisotopic (exact) mass is 434 g/mol. The van der Waals surface area contributed by atoms with Gasteiger partial charge in [0.1, 0.15) is 0 Å². The predicted molar refractivity (Wildman–Crippen MR) is 123 cm³/mol. The number of rotatable bonds is 11. The third-order valence-electron chi connectivity index (χ3n) is 4.45. The number of aryl methyl sites for hydroxylation is 2. The number of benzene rings is 2. The molecule has 5 nitrogen and oxygen atoms in total. The van der Waals surface area contributed by atoms with E-state index in [9.17, 15) is 13.2 Å². The zero-order valence-electron chi connectivity index (χ0n) is 17.3. The number of nitrogens with zero attached hydrogens (tertiary/aromatic N) is 1. The molecule has 0 heterocycles. The Kier molecular flexibility index (Phi) is 9.04. The van der Waals surface area contributed by atoms with Crippen LogP contribution in [0.5, 0.6) is 0 Å². The third kappa shape index (κ3) is 8.50. The molecule has 2 aromatic rings. The molecule has 0 aliphatic rings. The van der Waals surface area contributed by atoms with Crippen LogP contribution in [0.25, 0.3) is 0 Å². The van der Waals surface area contributed by atoms with Gasteiger partial charge in [0.15, 0.2) is 0 Å². The Morgan fingerprint density at radius 2 is 1.59 bits per heavy atom. The molecule has 1 amide bonds. The molecule has 0 saturated heterocycles. The maximum Gasteiger partial charge on any atom is 0.232 e. The molecule has 1 N–H and O–H groups in total. The maximum absolute atomic E-state index is 12.1. The Labute approximate surface area is 178 Å². The van der Waals surface area contributed by atoms with E-state index in [1.807, 2.05) is 19.1 Å². The van der Waals surface area contributed by atoms with E-state index in [2.05, 4.69) is 36.5 Å². The molecule has 0 saturated carbocycles. The van der Waals surface area contributed by atoms with Crippen LogP contribution in [0.15, 0.2) is 48.5 Å². The van der Waals surface area contributed by atoms with Gasteiger partial charge >= 0.3 is 0 Å². The summed E-state index contributed by atoms with van der Waals surface area (Å²) in [6, 6.07) is 15.8. The summed E-state index contributed by atoms with van der Waals surface area (Å²) < 4.78 is 25.5. The minimum absolute atomic E-state index is 0.0432. The zero-order valence-corrected chi connectivity index (χ0v) is 19.0. The van der Waals surface area contributed by atoms with Crippen LogP contribution in [0.1, 0.15) is 29.5 Å². The second kappa shape index (κ2) is 11.3. The number of carbonyl (C=O) groups is 1. The van der Waals surface area contributed by atoms with Crippen molar-refractivity contribution in [1.29, 1.82) is 0 Å². The first-order valence-electron chi connectivity index (χ1n) is 9.70. The highest BCUT2D eigenvalue weighted by atomic mass is 32.2. The molecule has 0 atom stereocenters. The molecule has 158 valence electrons. The zero-order chi connectivity index (χ0) is 21.3. The Bertz CT molecular complexity index is 879. The van der Waals surface area contributed by atoms with Gasteiger partial charge in [-0.15, -0.1) is 0 Å². The molecular formula is C22H30N2O3S2. The van der Waals surface area contributed by atoms with Crippen LogP contribution in [-0.4, -0.2) is 39.4 Å². The van der Waals surface area contributed by atoms with Gasteiger partial charge in [-0.1, -0.05) is 47.5 Å². The van der Waals surface area contributed by atoms with Crippen LogP contribution in [0.3, 0.4) is 0 Å². The number of thioether (sulfide) groups is 1. The van der Waals surface area contributed by atoms with Crippen molar-refractivity contribution in [3.63, 3.8) is 0 Å². The highest BCUT2D eigenvalue weighted by Crippen LogP contribution is 2.19. The van der Waals surface area contributed by atoms with Crippen LogP contribution in [0.2, 0.25) is 0 Å². The standard InChI is InChI=1S/C22H30N2O3S2/c1-18-6-10-20(11-7-18)17-28-16-14-23-22(25)5-4-15-24(29(3,26)27)21-12-8-19(2)9-13-21/h6-13H,4-5,14-17H2,1-3H3,(H,23,25). The maximum atomic E-state index is 12.1. The van der Waals surface area contributed by atoms with Crippen LogP contribution in [-0.2, 0) is 20.6 Å². The molecule has 0 unspecified atom stereocenters. The van der Waals surface area contributed by atoms with Crippen molar-refractivity contribution in [1.82, 2.24) is 5.32 Å². The highest BCUT2D eigenvalue weighted by molar-refractivity contribution is 7.98. The lowest BCUT2D eigenvalue weighted by Crippen LogP contribution is -2.32. The fourth-order valence-corrected chi connectivity index (χ4v) is 4.59. The fraction of sp³-hybridized carbons (Fsp3) is 0.409. The van der Waals surface area contributed by atoms with Crippen molar-refractivity contribution in [3.8, 4) is 0 Å². The van der Waals surface area contributed by atoms with Crippen molar-refractivity contribution in [2.75, 3.05) is 29.4 Å². The SMILES string of the molecule is Cc1ccc(CSCCNC(=O)CCCN(c2ccc(C)cc2)S(C)(=O)=O)cc1. The number of sulfonamides is 1. The van der Waals surface area contributed by atoms with E-state index in [4.69, 9.17) is 0 Å². The number of anilines is 1. The number of nitrogens with one attached hydrogen (secondary N) is 1. The second-order valence-electron chi connectivity index (χ2n) is 7.16.